The Labute approximate surface area is 118 Å². The molecule has 6 nitrogen and oxygen atoms in total. The molecule has 0 fully saturated rings. The lowest BCUT2D eigenvalue weighted by Crippen LogP contribution is -2.41. The molecular formula is C13H19NO5S. The van der Waals surface area contributed by atoms with Crippen LogP contribution in [0.3, 0.4) is 0 Å². The Balaban J connectivity index is 3.00. The molecule has 0 aliphatic rings. The van der Waals surface area contributed by atoms with Crippen molar-refractivity contribution < 1.29 is 23.1 Å². The Hall–Kier alpha value is -1.60. The topological polar surface area (TPSA) is 92.7 Å². The minimum atomic E-state index is -3.89. The highest BCUT2D eigenvalue weighted by molar-refractivity contribution is 7.89. The lowest BCUT2D eigenvalue weighted by molar-refractivity contribution is -0.139. The average molecular weight is 301 g/mol. The summed E-state index contributed by atoms with van der Waals surface area (Å²) in [6.07, 6.45) is 0.221. The van der Waals surface area contributed by atoms with Crippen LogP contribution in [0.2, 0.25) is 0 Å². The number of rotatable bonds is 7. The SMILES string of the molecule is COc1cccc(S(=O)(=O)NC(CC(C)C)C(=O)O)c1. The van der Waals surface area contributed by atoms with Gasteiger partial charge in [-0.3, -0.25) is 4.79 Å². The van der Waals surface area contributed by atoms with Crippen LogP contribution < -0.4 is 9.46 Å². The van der Waals surface area contributed by atoms with Gasteiger partial charge in [0.15, 0.2) is 0 Å². The maximum atomic E-state index is 12.2. The molecule has 1 atom stereocenters. The van der Waals surface area contributed by atoms with Gasteiger partial charge in [0.25, 0.3) is 0 Å². The fourth-order valence-electron chi connectivity index (χ4n) is 1.69. The molecule has 2 N–H and O–H groups in total. The van der Waals surface area contributed by atoms with E-state index in [0.29, 0.717) is 5.75 Å². The highest BCUT2D eigenvalue weighted by Crippen LogP contribution is 2.18. The lowest BCUT2D eigenvalue weighted by atomic mass is 10.1. The van der Waals surface area contributed by atoms with Crippen molar-refractivity contribution >= 4 is 16.0 Å². The Morgan fingerprint density at radius 1 is 1.40 bits per heavy atom. The van der Waals surface area contributed by atoms with Crippen molar-refractivity contribution in [3.05, 3.63) is 24.3 Å². The normalized spacial score (nSPS) is 13.2. The third-order valence-electron chi connectivity index (χ3n) is 2.65. The average Bonchev–Trinajstić information content (AvgIpc) is 2.37. The quantitative estimate of drug-likeness (QED) is 0.795. The summed E-state index contributed by atoms with van der Waals surface area (Å²) in [5.41, 5.74) is 0. The zero-order valence-electron chi connectivity index (χ0n) is 11.7. The van der Waals surface area contributed by atoms with Gasteiger partial charge >= 0.3 is 5.97 Å². The van der Waals surface area contributed by atoms with Crippen LogP contribution in [-0.2, 0) is 14.8 Å². The second-order valence-electron chi connectivity index (χ2n) is 4.82. The van der Waals surface area contributed by atoms with Crippen LogP contribution in [0.25, 0.3) is 0 Å². The molecule has 0 saturated carbocycles. The summed E-state index contributed by atoms with van der Waals surface area (Å²) in [5.74, 6) is -0.738. The lowest BCUT2D eigenvalue weighted by Gasteiger charge is -2.16. The van der Waals surface area contributed by atoms with Crippen molar-refractivity contribution in [2.45, 2.75) is 31.2 Å². The third kappa shape index (κ3) is 4.50. The Bertz CT molecular complexity index is 568. The standard InChI is InChI=1S/C13H19NO5S/c1-9(2)7-12(13(15)16)14-20(17,18)11-6-4-5-10(8-11)19-3/h4-6,8-9,12,14H,7H2,1-3H3,(H,15,16). The molecule has 0 heterocycles. The molecule has 0 radical (unpaired) electrons. The highest BCUT2D eigenvalue weighted by atomic mass is 32.2. The predicted molar refractivity (Wildman–Crippen MR) is 74.2 cm³/mol. The number of carboxylic acids is 1. The smallest absolute Gasteiger partial charge is 0.321 e. The molecule has 1 unspecified atom stereocenters. The maximum Gasteiger partial charge on any atom is 0.321 e. The number of carbonyl (C=O) groups is 1. The Morgan fingerprint density at radius 2 is 2.05 bits per heavy atom. The van der Waals surface area contributed by atoms with Crippen LogP contribution in [0.15, 0.2) is 29.2 Å². The van der Waals surface area contributed by atoms with E-state index in [-0.39, 0.29) is 17.2 Å². The molecule has 7 heteroatoms. The largest absolute Gasteiger partial charge is 0.497 e. The first kappa shape index (κ1) is 16.5. The maximum absolute atomic E-state index is 12.2. The molecule has 1 aromatic rings. The summed E-state index contributed by atoms with van der Waals surface area (Å²) in [5, 5.41) is 9.08. The van der Waals surface area contributed by atoms with Gasteiger partial charge in [0.05, 0.1) is 12.0 Å². The van der Waals surface area contributed by atoms with E-state index < -0.39 is 22.0 Å². The zero-order chi connectivity index (χ0) is 15.3. The number of sulfonamides is 1. The first-order valence-corrected chi connectivity index (χ1v) is 7.63. The van der Waals surface area contributed by atoms with Gasteiger partial charge in [-0.1, -0.05) is 19.9 Å². The van der Waals surface area contributed by atoms with E-state index in [1.807, 2.05) is 13.8 Å². The predicted octanol–water partition coefficient (Wildman–Crippen LogP) is 1.47. The molecule has 0 aliphatic heterocycles. The summed E-state index contributed by atoms with van der Waals surface area (Å²) in [4.78, 5) is 11.1. The molecule has 0 saturated heterocycles. The van der Waals surface area contributed by atoms with Crippen LogP contribution >= 0.6 is 0 Å². The van der Waals surface area contributed by atoms with E-state index in [1.54, 1.807) is 6.07 Å². The van der Waals surface area contributed by atoms with Crippen LogP contribution in [0, 0.1) is 5.92 Å². The number of carboxylic acid groups (broad SMARTS) is 1. The van der Waals surface area contributed by atoms with Gasteiger partial charge in [0.1, 0.15) is 11.8 Å². The molecule has 0 aromatic heterocycles. The van der Waals surface area contributed by atoms with Crippen molar-refractivity contribution in [2.24, 2.45) is 5.92 Å². The first-order chi connectivity index (χ1) is 9.26. The molecule has 0 amide bonds. The van der Waals surface area contributed by atoms with Gasteiger partial charge in [-0.2, -0.15) is 4.72 Å². The van der Waals surface area contributed by atoms with E-state index in [0.717, 1.165) is 0 Å². The van der Waals surface area contributed by atoms with E-state index in [1.165, 1.54) is 25.3 Å². The number of methoxy groups -OCH3 is 1. The number of benzene rings is 1. The fraction of sp³-hybridized carbons (Fsp3) is 0.462. The van der Waals surface area contributed by atoms with Crippen LogP contribution in [0.4, 0.5) is 0 Å². The second kappa shape index (κ2) is 6.71. The Kier molecular flexibility index (Phi) is 5.52. The van der Waals surface area contributed by atoms with Crippen molar-refractivity contribution in [1.82, 2.24) is 4.72 Å². The Morgan fingerprint density at radius 3 is 2.55 bits per heavy atom. The van der Waals surface area contributed by atoms with E-state index >= 15 is 0 Å². The fourth-order valence-corrected chi connectivity index (χ4v) is 2.93. The molecule has 0 spiro atoms. The summed E-state index contributed by atoms with van der Waals surface area (Å²) in [6, 6.07) is 4.73. The summed E-state index contributed by atoms with van der Waals surface area (Å²) in [7, 11) is -2.47. The summed E-state index contributed by atoms with van der Waals surface area (Å²) < 4.78 is 31.5. The number of hydrogen-bond donors (Lipinski definition) is 2. The number of hydrogen-bond acceptors (Lipinski definition) is 4. The summed E-state index contributed by atoms with van der Waals surface area (Å²) in [6.45, 7) is 3.66. The third-order valence-corrected chi connectivity index (χ3v) is 4.12. The van der Waals surface area contributed by atoms with Crippen molar-refractivity contribution in [1.29, 1.82) is 0 Å². The second-order valence-corrected chi connectivity index (χ2v) is 6.53. The molecule has 112 valence electrons. The zero-order valence-corrected chi connectivity index (χ0v) is 12.5. The van der Waals surface area contributed by atoms with E-state index in [2.05, 4.69) is 4.72 Å². The molecule has 0 bridgehead atoms. The minimum Gasteiger partial charge on any atom is -0.497 e. The van der Waals surface area contributed by atoms with Gasteiger partial charge < -0.3 is 9.84 Å². The van der Waals surface area contributed by atoms with Gasteiger partial charge in [-0.25, -0.2) is 8.42 Å². The van der Waals surface area contributed by atoms with E-state index in [4.69, 9.17) is 9.84 Å². The minimum absolute atomic E-state index is 0.0214. The molecule has 1 rings (SSSR count). The van der Waals surface area contributed by atoms with Crippen molar-refractivity contribution in [3.8, 4) is 5.75 Å². The van der Waals surface area contributed by atoms with Crippen LogP contribution in [0.5, 0.6) is 5.75 Å². The van der Waals surface area contributed by atoms with Gasteiger partial charge in [0.2, 0.25) is 10.0 Å². The highest BCUT2D eigenvalue weighted by Gasteiger charge is 2.26. The van der Waals surface area contributed by atoms with Crippen molar-refractivity contribution in [2.75, 3.05) is 7.11 Å². The number of aliphatic carboxylic acids is 1. The van der Waals surface area contributed by atoms with Gasteiger partial charge in [0, 0.05) is 6.07 Å². The van der Waals surface area contributed by atoms with Crippen molar-refractivity contribution in [3.63, 3.8) is 0 Å². The molecule has 0 aliphatic carbocycles. The molecule has 20 heavy (non-hydrogen) atoms. The van der Waals surface area contributed by atoms with E-state index in [9.17, 15) is 13.2 Å². The number of ether oxygens (including phenoxy) is 1. The van der Waals surface area contributed by atoms with Gasteiger partial charge in [-0.15, -0.1) is 0 Å². The molecular weight excluding hydrogens is 282 g/mol. The summed E-state index contributed by atoms with van der Waals surface area (Å²) >= 11 is 0. The number of nitrogens with one attached hydrogen (secondary N) is 1. The van der Waals surface area contributed by atoms with Gasteiger partial charge in [-0.05, 0) is 24.5 Å². The molecule has 1 aromatic carbocycles. The first-order valence-electron chi connectivity index (χ1n) is 6.15. The van der Waals surface area contributed by atoms with Crippen LogP contribution in [0.1, 0.15) is 20.3 Å². The monoisotopic (exact) mass is 301 g/mol. The van der Waals surface area contributed by atoms with Crippen LogP contribution in [-0.4, -0.2) is 32.6 Å².